The van der Waals surface area contributed by atoms with Crippen LogP contribution in [0.4, 0.5) is 22.0 Å². The van der Waals surface area contributed by atoms with Crippen molar-refractivity contribution in [2.45, 2.75) is 25.8 Å². The molecular formula is C14H17F5N2. The van der Waals surface area contributed by atoms with Crippen molar-refractivity contribution in [2.24, 2.45) is 0 Å². The fourth-order valence-corrected chi connectivity index (χ4v) is 2.45. The van der Waals surface area contributed by atoms with Crippen molar-refractivity contribution in [1.29, 1.82) is 0 Å². The molecule has 2 nitrogen and oxygen atoms in total. The van der Waals surface area contributed by atoms with E-state index in [2.05, 4.69) is 10.2 Å². The Kier molecular flexibility index (Phi) is 5.52. The summed E-state index contributed by atoms with van der Waals surface area (Å²) >= 11 is 0. The molecule has 0 unspecified atom stereocenters. The van der Waals surface area contributed by atoms with E-state index in [4.69, 9.17) is 0 Å². The summed E-state index contributed by atoms with van der Waals surface area (Å²) in [7, 11) is 0. The van der Waals surface area contributed by atoms with Gasteiger partial charge in [-0.25, -0.2) is 22.0 Å². The summed E-state index contributed by atoms with van der Waals surface area (Å²) in [6.45, 7) is 3.04. The highest BCUT2D eigenvalue weighted by Gasteiger charge is 2.25. The molecule has 0 saturated carbocycles. The minimum atomic E-state index is -2.12. The first-order valence-electron chi connectivity index (χ1n) is 6.95. The summed E-state index contributed by atoms with van der Waals surface area (Å²) < 4.78 is 65.6. The number of nitrogens with zero attached hydrogens (tertiary/aromatic N) is 1. The maximum Gasteiger partial charge on any atom is 0.200 e. The smallest absolute Gasteiger partial charge is 0.200 e. The zero-order valence-corrected chi connectivity index (χ0v) is 11.5. The average Bonchev–Trinajstić information content (AvgIpc) is 2.99. The fraction of sp³-hybridized carbons (Fsp3) is 0.571. The first-order chi connectivity index (χ1) is 10.0. The molecule has 118 valence electrons. The molecule has 7 heteroatoms. The molecule has 1 fully saturated rings. The van der Waals surface area contributed by atoms with Gasteiger partial charge in [0.2, 0.25) is 5.82 Å². The van der Waals surface area contributed by atoms with Gasteiger partial charge in [-0.3, -0.25) is 0 Å². The third kappa shape index (κ3) is 3.71. The zero-order chi connectivity index (χ0) is 15.4. The van der Waals surface area contributed by atoms with Crippen LogP contribution >= 0.6 is 0 Å². The number of nitrogens with one attached hydrogen (secondary N) is 1. The van der Waals surface area contributed by atoms with E-state index in [0.29, 0.717) is 6.54 Å². The Morgan fingerprint density at radius 2 is 1.33 bits per heavy atom. The van der Waals surface area contributed by atoms with Crippen molar-refractivity contribution in [3.8, 4) is 0 Å². The molecule has 0 bridgehead atoms. The van der Waals surface area contributed by atoms with Crippen LogP contribution in [0.15, 0.2) is 0 Å². The number of hydrogen-bond acceptors (Lipinski definition) is 2. The molecule has 0 aliphatic carbocycles. The predicted molar refractivity (Wildman–Crippen MR) is 68.2 cm³/mol. The normalized spacial score (nSPS) is 15.9. The van der Waals surface area contributed by atoms with Crippen LogP contribution in [0.25, 0.3) is 0 Å². The molecule has 1 aromatic carbocycles. The molecular weight excluding hydrogens is 291 g/mol. The van der Waals surface area contributed by atoms with Crippen LogP contribution in [0.3, 0.4) is 0 Å². The Balaban J connectivity index is 1.85. The zero-order valence-electron chi connectivity index (χ0n) is 11.5. The van der Waals surface area contributed by atoms with E-state index in [9.17, 15) is 22.0 Å². The van der Waals surface area contributed by atoms with E-state index in [0.717, 1.165) is 26.1 Å². The molecule has 0 radical (unpaired) electrons. The van der Waals surface area contributed by atoms with Gasteiger partial charge >= 0.3 is 0 Å². The van der Waals surface area contributed by atoms with Crippen molar-refractivity contribution in [3.63, 3.8) is 0 Å². The molecule has 0 amide bonds. The number of likely N-dealkylation sites (tertiary alicyclic amines) is 1. The molecule has 0 aromatic heterocycles. The van der Waals surface area contributed by atoms with Crippen LogP contribution in [-0.4, -0.2) is 31.1 Å². The molecule has 1 aliphatic rings. The molecule has 1 N–H and O–H groups in total. The van der Waals surface area contributed by atoms with E-state index < -0.39 is 34.6 Å². The summed E-state index contributed by atoms with van der Waals surface area (Å²) in [5.41, 5.74) is -0.812. The van der Waals surface area contributed by atoms with Gasteiger partial charge in [-0.2, -0.15) is 0 Å². The third-order valence-corrected chi connectivity index (χ3v) is 3.63. The third-order valence-electron chi connectivity index (χ3n) is 3.63. The molecule has 1 aliphatic heterocycles. The largest absolute Gasteiger partial charge is 0.312 e. The lowest BCUT2D eigenvalue weighted by molar-refractivity contribution is 0.329. The van der Waals surface area contributed by atoms with Crippen molar-refractivity contribution >= 4 is 0 Å². The second-order valence-corrected chi connectivity index (χ2v) is 5.13. The van der Waals surface area contributed by atoms with Crippen LogP contribution in [-0.2, 0) is 6.54 Å². The SMILES string of the molecule is Fc1c(F)c(F)c(CNCCCN2CCCC2)c(F)c1F. The highest BCUT2D eigenvalue weighted by atomic mass is 19.2. The molecule has 2 rings (SSSR count). The van der Waals surface area contributed by atoms with Crippen LogP contribution < -0.4 is 5.32 Å². The Hall–Kier alpha value is -1.21. The lowest BCUT2D eigenvalue weighted by Crippen LogP contribution is -2.25. The first-order valence-corrected chi connectivity index (χ1v) is 6.95. The molecule has 1 aromatic rings. The quantitative estimate of drug-likeness (QED) is 0.376. The highest BCUT2D eigenvalue weighted by molar-refractivity contribution is 5.23. The molecule has 1 saturated heterocycles. The van der Waals surface area contributed by atoms with Crippen molar-refractivity contribution in [1.82, 2.24) is 10.2 Å². The Morgan fingerprint density at radius 1 is 0.810 bits per heavy atom. The van der Waals surface area contributed by atoms with E-state index in [1.807, 2.05) is 0 Å². The van der Waals surface area contributed by atoms with Gasteiger partial charge in [0.1, 0.15) is 0 Å². The second kappa shape index (κ2) is 7.17. The van der Waals surface area contributed by atoms with Crippen LogP contribution in [0, 0.1) is 29.1 Å². The first kappa shape index (κ1) is 16.2. The lowest BCUT2D eigenvalue weighted by Gasteiger charge is -2.14. The average molecular weight is 308 g/mol. The summed E-state index contributed by atoms with van der Waals surface area (Å²) in [6.07, 6.45) is 3.12. The van der Waals surface area contributed by atoms with Crippen molar-refractivity contribution in [3.05, 3.63) is 34.6 Å². The second-order valence-electron chi connectivity index (χ2n) is 5.13. The van der Waals surface area contributed by atoms with E-state index >= 15 is 0 Å². The summed E-state index contributed by atoms with van der Waals surface area (Å²) in [5.74, 6) is -9.45. The Labute approximate surface area is 119 Å². The highest BCUT2D eigenvalue weighted by Crippen LogP contribution is 2.22. The molecule has 0 spiro atoms. The van der Waals surface area contributed by atoms with Gasteiger partial charge in [0.25, 0.3) is 0 Å². The molecule has 1 heterocycles. The minimum absolute atomic E-state index is 0.383. The van der Waals surface area contributed by atoms with Gasteiger partial charge in [-0.05, 0) is 45.4 Å². The van der Waals surface area contributed by atoms with Crippen LogP contribution in [0.1, 0.15) is 24.8 Å². The summed E-state index contributed by atoms with van der Waals surface area (Å²) in [4.78, 5) is 2.28. The van der Waals surface area contributed by atoms with E-state index in [1.54, 1.807) is 0 Å². The predicted octanol–water partition coefficient (Wildman–Crippen LogP) is 2.96. The maximum absolute atomic E-state index is 13.4. The van der Waals surface area contributed by atoms with Gasteiger partial charge in [0.05, 0.1) is 0 Å². The van der Waals surface area contributed by atoms with Gasteiger partial charge < -0.3 is 10.2 Å². The van der Waals surface area contributed by atoms with Crippen LogP contribution in [0.5, 0.6) is 0 Å². The van der Waals surface area contributed by atoms with E-state index in [1.165, 1.54) is 12.8 Å². The number of rotatable bonds is 6. The Morgan fingerprint density at radius 3 is 1.90 bits per heavy atom. The van der Waals surface area contributed by atoms with Gasteiger partial charge in [-0.1, -0.05) is 0 Å². The topological polar surface area (TPSA) is 15.3 Å². The summed E-state index contributed by atoms with van der Waals surface area (Å²) in [5, 5.41) is 2.72. The van der Waals surface area contributed by atoms with Crippen molar-refractivity contribution < 1.29 is 22.0 Å². The fourth-order valence-electron chi connectivity index (χ4n) is 2.45. The van der Waals surface area contributed by atoms with Crippen LogP contribution in [0.2, 0.25) is 0 Å². The molecule has 21 heavy (non-hydrogen) atoms. The monoisotopic (exact) mass is 308 g/mol. The van der Waals surface area contributed by atoms with Gasteiger partial charge in [0, 0.05) is 12.1 Å². The van der Waals surface area contributed by atoms with E-state index in [-0.39, 0.29) is 6.54 Å². The van der Waals surface area contributed by atoms with Crippen molar-refractivity contribution in [2.75, 3.05) is 26.2 Å². The lowest BCUT2D eigenvalue weighted by atomic mass is 10.1. The summed E-state index contributed by atoms with van der Waals surface area (Å²) in [6, 6.07) is 0. The van der Waals surface area contributed by atoms with Gasteiger partial charge in [-0.15, -0.1) is 0 Å². The van der Waals surface area contributed by atoms with Gasteiger partial charge in [0.15, 0.2) is 23.3 Å². The number of benzene rings is 1. The number of halogens is 5. The standard InChI is InChI=1S/C14H17F5N2/c15-10-9(11(16)13(18)14(19)12(10)17)8-20-4-3-7-21-5-1-2-6-21/h20H,1-8H2. The minimum Gasteiger partial charge on any atom is -0.312 e. The Bertz CT molecular complexity index is 472. The molecule has 0 atom stereocenters. The maximum atomic E-state index is 13.4. The number of hydrogen-bond donors (Lipinski definition) is 1.